The van der Waals surface area contributed by atoms with E-state index in [-0.39, 0.29) is 0 Å². The Morgan fingerprint density at radius 3 is 2.60 bits per heavy atom. The molecule has 1 unspecified atom stereocenters. The lowest BCUT2D eigenvalue weighted by Gasteiger charge is -2.13. The third-order valence-corrected chi connectivity index (χ3v) is 6.33. The highest BCUT2D eigenvalue weighted by Crippen LogP contribution is 2.39. The molecule has 0 saturated heterocycles. The van der Waals surface area contributed by atoms with Crippen molar-refractivity contribution >= 4 is 49.8 Å². The van der Waals surface area contributed by atoms with Crippen LogP contribution in [0.1, 0.15) is 10.1 Å². The van der Waals surface area contributed by atoms with Gasteiger partial charge >= 0.3 is 0 Å². The zero-order valence-corrected chi connectivity index (χ0v) is 14.0. The Bertz CT molecular complexity index is 723. The smallest absolute Gasteiger partial charge is 0.0561 e. The van der Waals surface area contributed by atoms with Gasteiger partial charge in [-0.1, -0.05) is 30.3 Å². The van der Waals surface area contributed by atoms with E-state index in [9.17, 15) is 0 Å². The standard InChI is InChI=1S/C16H14BrNS2/c17-13-8-15(19-10-13)16(9-18)20-14-6-5-11-3-1-2-4-12(11)7-14/h1-8,10,16H,9,18H2. The quantitative estimate of drug-likeness (QED) is 0.623. The van der Waals surface area contributed by atoms with Crippen LogP contribution in [0.2, 0.25) is 0 Å². The topological polar surface area (TPSA) is 26.0 Å². The number of hydrogen-bond acceptors (Lipinski definition) is 3. The molecule has 1 heterocycles. The molecule has 0 amide bonds. The number of rotatable bonds is 4. The maximum absolute atomic E-state index is 5.95. The first-order chi connectivity index (χ1) is 9.76. The van der Waals surface area contributed by atoms with Crippen LogP contribution in [0.4, 0.5) is 0 Å². The number of hydrogen-bond donors (Lipinski definition) is 1. The highest BCUT2D eigenvalue weighted by molar-refractivity contribution is 9.10. The number of thiophene rings is 1. The van der Waals surface area contributed by atoms with Crippen LogP contribution >= 0.6 is 39.0 Å². The zero-order chi connectivity index (χ0) is 13.9. The number of benzene rings is 2. The van der Waals surface area contributed by atoms with Crippen LogP contribution in [-0.2, 0) is 0 Å². The molecule has 4 heteroatoms. The van der Waals surface area contributed by atoms with Gasteiger partial charge in [0, 0.05) is 26.2 Å². The van der Waals surface area contributed by atoms with Crippen molar-refractivity contribution in [1.82, 2.24) is 0 Å². The van der Waals surface area contributed by atoms with Crippen LogP contribution < -0.4 is 5.73 Å². The van der Waals surface area contributed by atoms with Gasteiger partial charge in [-0.25, -0.2) is 0 Å². The Labute approximate surface area is 135 Å². The van der Waals surface area contributed by atoms with Crippen molar-refractivity contribution < 1.29 is 0 Å². The van der Waals surface area contributed by atoms with E-state index in [0.717, 1.165) is 4.47 Å². The number of nitrogens with two attached hydrogens (primary N) is 1. The van der Waals surface area contributed by atoms with Crippen molar-refractivity contribution in [2.45, 2.75) is 10.1 Å². The lowest BCUT2D eigenvalue weighted by atomic mass is 10.1. The van der Waals surface area contributed by atoms with Gasteiger partial charge in [0.2, 0.25) is 0 Å². The van der Waals surface area contributed by atoms with Gasteiger partial charge in [-0.15, -0.1) is 23.1 Å². The first-order valence-corrected chi connectivity index (χ1v) is 8.91. The van der Waals surface area contributed by atoms with E-state index >= 15 is 0 Å². The van der Waals surface area contributed by atoms with E-state index in [2.05, 4.69) is 69.8 Å². The molecule has 2 aromatic carbocycles. The number of fused-ring (bicyclic) bond motifs is 1. The summed E-state index contributed by atoms with van der Waals surface area (Å²) in [6.45, 7) is 0.643. The second kappa shape index (κ2) is 6.31. The predicted molar refractivity (Wildman–Crippen MR) is 93.6 cm³/mol. The van der Waals surface area contributed by atoms with Crippen molar-refractivity contribution in [3.8, 4) is 0 Å². The molecule has 0 aliphatic heterocycles. The molecule has 1 atom stereocenters. The second-order valence-electron chi connectivity index (χ2n) is 4.52. The minimum atomic E-state index is 0.312. The Balaban J connectivity index is 1.87. The normalized spacial score (nSPS) is 12.7. The lowest BCUT2D eigenvalue weighted by Crippen LogP contribution is -2.07. The maximum atomic E-state index is 5.95. The van der Waals surface area contributed by atoms with E-state index in [1.165, 1.54) is 20.5 Å². The molecule has 20 heavy (non-hydrogen) atoms. The molecular formula is C16H14BrNS2. The maximum Gasteiger partial charge on any atom is 0.0561 e. The summed E-state index contributed by atoms with van der Waals surface area (Å²) in [4.78, 5) is 2.58. The van der Waals surface area contributed by atoms with Gasteiger partial charge in [0.1, 0.15) is 0 Å². The SMILES string of the molecule is NCC(Sc1ccc2ccccc2c1)c1cc(Br)cs1. The summed E-state index contributed by atoms with van der Waals surface area (Å²) in [5, 5.41) is 4.98. The molecule has 102 valence electrons. The highest BCUT2D eigenvalue weighted by Gasteiger charge is 2.13. The van der Waals surface area contributed by atoms with Gasteiger partial charge in [0.05, 0.1) is 5.25 Å². The first-order valence-electron chi connectivity index (χ1n) is 6.36. The average molecular weight is 364 g/mol. The molecule has 1 aromatic heterocycles. The van der Waals surface area contributed by atoms with E-state index in [0.29, 0.717) is 11.8 Å². The summed E-state index contributed by atoms with van der Waals surface area (Å²) in [5.74, 6) is 0. The van der Waals surface area contributed by atoms with Crippen LogP contribution in [-0.4, -0.2) is 6.54 Å². The molecule has 3 aromatic rings. The highest BCUT2D eigenvalue weighted by atomic mass is 79.9. The molecule has 0 fully saturated rings. The summed E-state index contributed by atoms with van der Waals surface area (Å²) < 4.78 is 1.13. The molecule has 3 rings (SSSR count). The van der Waals surface area contributed by atoms with Crippen molar-refractivity contribution in [2.75, 3.05) is 6.54 Å². The minimum absolute atomic E-state index is 0.312. The molecule has 1 nitrogen and oxygen atoms in total. The van der Waals surface area contributed by atoms with Gasteiger partial charge in [-0.3, -0.25) is 0 Å². The van der Waals surface area contributed by atoms with E-state index in [1.807, 2.05) is 11.8 Å². The van der Waals surface area contributed by atoms with Crippen molar-refractivity contribution in [3.63, 3.8) is 0 Å². The van der Waals surface area contributed by atoms with Crippen LogP contribution in [0.25, 0.3) is 10.8 Å². The third-order valence-electron chi connectivity index (χ3n) is 3.12. The molecule has 0 aliphatic carbocycles. The first kappa shape index (κ1) is 14.1. The largest absolute Gasteiger partial charge is 0.329 e. The van der Waals surface area contributed by atoms with Crippen LogP contribution in [0, 0.1) is 0 Å². The summed E-state index contributed by atoms with van der Waals surface area (Å²) in [5.41, 5.74) is 5.95. The van der Waals surface area contributed by atoms with E-state index in [1.54, 1.807) is 11.3 Å². The van der Waals surface area contributed by atoms with E-state index in [4.69, 9.17) is 5.73 Å². The van der Waals surface area contributed by atoms with Crippen molar-refractivity contribution in [3.05, 3.63) is 63.3 Å². The molecular weight excluding hydrogens is 350 g/mol. The molecule has 2 N–H and O–H groups in total. The monoisotopic (exact) mass is 363 g/mol. The van der Waals surface area contributed by atoms with Gasteiger partial charge in [-0.2, -0.15) is 0 Å². The van der Waals surface area contributed by atoms with Gasteiger partial charge in [0.15, 0.2) is 0 Å². The fraction of sp³-hybridized carbons (Fsp3) is 0.125. The summed E-state index contributed by atoms with van der Waals surface area (Å²) in [7, 11) is 0. The fourth-order valence-corrected chi connectivity index (χ4v) is 4.82. The Kier molecular flexibility index (Phi) is 4.46. The van der Waals surface area contributed by atoms with Gasteiger partial charge in [0.25, 0.3) is 0 Å². The predicted octanol–water partition coefficient (Wildman–Crippen LogP) is 5.46. The van der Waals surface area contributed by atoms with Crippen LogP contribution in [0.15, 0.2) is 63.3 Å². The molecule has 0 spiro atoms. The minimum Gasteiger partial charge on any atom is -0.329 e. The van der Waals surface area contributed by atoms with Crippen molar-refractivity contribution in [2.24, 2.45) is 5.73 Å². The zero-order valence-electron chi connectivity index (χ0n) is 10.8. The molecule has 0 saturated carbocycles. The van der Waals surface area contributed by atoms with Gasteiger partial charge in [-0.05, 0) is 44.9 Å². The fourth-order valence-electron chi connectivity index (χ4n) is 2.12. The van der Waals surface area contributed by atoms with E-state index < -0.39 is 0 Å². The lowest BCUT2D eigenvalue weighted by molar-refractivity contribution is 0.960. The number of thioether (sulfide) groups is 1. The van der Waals surface area contributed by atoms with Crippen LogP contribution in [0.3, 0.4) is 0 Å². The second-order valence-corrected chi connectivity index (χ2v) is 7.65. The summed E-state index contributed by atoms with van der Waals surface area (Å²) in [6, 6.07) is 17.2. The summed E-state index contributed by atoms with van der Waals surface area (Å²) in [6.07, 6.45) is 0. The Morgan fingerprint density at radius 1 is 1.10 bits per heavy atom. The van der Waals surface area contributed by atoms with Gasteiger partial charge < -0.3 is 5.73 Å². The Hall–Kier alpha value is -0.810. The third kappa shape index (κ3) is 3.09. The van der Waals surface area contributed by atoms with Crippen molar-refractivity contribution in [1.29, 1.82) is 0 Å². The summed E-state index contributed by atoms with van der Waals surface area (Å²) >= 11 is 7.10. The average Bonchev–Trinajstić information content (AvgIpc) is 2.91. The molecule has 0 bridgehead atoms. The molecule has 0 aliphatic rings. The number of halogens is 1. The molecule has 0 radical (unpaired) electrons. The Morgan fingerprint density at radius 2 is 1.90 bits per heavy atom. The van der Waals surface area contributed by atoms with Crippen LogP contribution in [0.5, 0.6) is 0 Å².